The smallest absolute Gasteiger partial charge is 0.233 e. The molecule has 4 aromatic rings. The van der Waals surface area contributed by atoms with E-state index < -0.39 is 0 Å². The van der Waals surface area contributed by atoms with E-state index in [1.54, 1.807) is 17.1 Å². The van der Waals surface area contributed by atoms with Crippen LogP contribution in [0.3, 0.4) is 0 Å². The third-order valence-corrected chi connectivity index (χ3v) is 5.01. The molecule has 0 bridgehead atoms. The fourth-order valence-corrected chi connectivity index (χ4v) is 3.60. The highest BCUT2D eigenvalue weighted by Crippen LogP contribution is 2.41. The van der Waals surface area contributed by atoms with Crippen molar-refractivity contribution >= 4 is 11.6 Å². The number of benzene rings is 1. The first-order valence-corrected chi connectivity index (χ1v) is 9.32. The van der Waals surface area contributed by atoms with Crippen LogP contribution in [-0.2, 0) is 4.74 Å². The zero-order valence-corrected chi connectivity index (χ0v) is 15.5. The number of rotatable bonds is 4. The highest BCUT2D eigenvalue weighted by molar-refractivity contribution is 6.30. The van der Waals surface area contributed by atoms with Crippen LogP contribution in [0.15, 0.2) is 65.7 Å². The summed E-state index contributed by atoms with van der Waals surface area (Å²) in [6.45, 7) is 0.647. The van der Waals surface area contributed by atoms with E-state index in [0.717, 1.165) is 23.2 Å². The zero-order valence-electron chi connectivity index (χ0n) is 14.8. The van der Waals surface area contributed by atoms with Crippen molar-refractivity contribution in [3.05, 3.63) is 77.7 Å². The lowest BCUT2D eigenvalue weighted by atomic mass is 9.96. The van der Waals surface area contributed by atoms with Crippen LogP contribution < -0.4 is 0 Å². The van der Waals surface area contributed by atoms with Gasteiger partial charge in [-0.2, -0.15) is 10.1 Å². The number of hydrogen-bond acceptors (Lipinski definition) is 6. The summed E-state index contributed by atoms with van der Waals surface area (Å²) in [6, 6.07) is 11.4. The molecule has 1 saturated heterocycles. The van der Waals surface area contributed by atoms with E-state index in [1.165, 1.54) is 0 Å². The second kappa shape index (κ2) is 7.18. The fraction of sp³-hybridized carbons (Fsp3) is 0.200. The lowest BCUT2D eigenvalue weighted by Gasteiger charge is -2.14. The Bertz CT molecular complexity index is 1090. The number of aromatic nitrogens is 5. The maximum Gasteiger partial charge on any atom is 0.233 e. The third-order valence-electron chi connectivity index (χ3n) is 4.78. The molecule has 2 atom stereocenters. The molecule has 8 heteroatoms. The van der Waals surface area contributed by atoms with Crippen molar-refractivity contribution in [1.29, 1.82) is 0 Å². The molecule has 4 heterocycles. The van der Waals surface area contributed by atoms with Crippen molar-refractivity contribution in [2.45, 2.75) is 18.4 Å². The minimum absolute atomic E-state index is 0.00780. The Hall–Kier alpha value is -3.03. The molecule has 0 aliphatic carbocycles. The van der Waals surface area contributed by atoms with E-state index in [0.29, 0.717) is 23.3 Å². The molecule has 0 saturated carbocycles. The summed E-state index contributed by atoms with van der Waals surface area (Å²) >= 11 is 6.06. The molecule has 3 aromatic heterocycles. The summed E-state index contributed by atoms with van der Waals surface area (Å²) in [7, 11) is 0. The predicted octanol–water partition coefficient (Wildman–Crippen LogP) is 4.22. The quantitative estimate of drug-likeness (QED) is 0.516. The van der Waals surface area contributed by atoms with Gasteiger partial charge in [0.1, 0.15) is 0 Å². The highest BCUT2D eigenvalue weighted by Gasteiger charge is 2.35. The van der Waals surface area contributed by atoms with E-state index >= 15 is 0 Å². The predicted molar refractivity (Wildman–Crippen MR) is 102 cm³/mol. The molecule has 0 spiro atoms. The van der Waals surface area contributed by atoms with Crippen molar-refractivity contribution in [1.82, 2.24) is 24.9 Å². The zero-order chi connectivity index (χ0) is 18.9. The van der Waals surface area contributed by atoms with Crippen molar-refractivity contribution in [2.24, 2.45) is 0 Å². The van der Waals surface area contributed by atoms with Gasteiger partial charge in [0.15, 0.2) is 0 Å². The van der Waals surface area contributed by atoms with E-state index in [-0.39, 0.29) is 12.0 Å². The first-order valence-electron chi connectivity index (χ1n) is 8.94. The number of hydrogen-bond donors (Lipinski definition) is 0. The molecule has 28 heavy (non-hydrogen) atoms. The Kier molecular flexibility index (Phi) is 4.38. The second-order valence-corrected chi connectivity index (χ2v) is 7.02. The lowest BCUT2D eigenvalue weighted by molar-refractivity contribution is 0.0984. The summed E-state index contributed by atoms with van der Waals surface area (Å²) in [6.07, 6.45) is 7.81. The minimum Gasteiger partial charge on any atom is -0.373 e. The van der Waals surface area contributed by atoms with Gasteiger partial charge in [-0.25, -0.2) is 4.68 Å². The van der Waals surface area contributed by atoms with Gasteiger partial charge in [0, 0.05) is 30.2 Å². The summed E-state index contributed by atoms with van der Waals surface area (Å²) < 4.78 is 13.2. The van der Waals surface area contributed by atoms with Gasteiger partial charge in [-0.1, -0.05) is 28.9 Å². The first kappa shape index (κ1) is 17.1. The molecule has 5 rings (SSSR count). The Morgan fingerprint density at radius 2 is 2.11 bits per heavy atom. The average molecular weight is 394 g/mol. The number of nitrogens with zero attached hydrogens (tertiary/aromatic N) is 5. The summed E-state index contributed by atoms with van der Waals surface area (Å²) in [5.41, 5.74) is 2.65. The van der Waals surface area contributed by atoms with Crippen molar-refractivity contribution < 1.29 is 9.26 Å². The summed E-state index contributed by atoms with van der Waals surface area (Å²) in [5, 5.41) is 9.18. The molecule has 0 N–H and O–H groups in total. The molecule has 1 aromatic carbocycles. The molecule has 0 unspecified atom stereocenters. The maximum absolute atomic E-state index is 6.06. The van der Waals surface area contributed by atoms with Gasteiger partial charge >= 0.3 is 0 Å². The molecular formula is C20H16ClN5O2. The normalized spacial score (nSPS) is 19.2. The number of halogens is 1. The molecule has 0 radical (unpaired) electrons. The largest absolute Gasteiger partial charge is 0.373 e. The van der Waals surface area contributed by atoms with Crippen LogP contribution in [-0.4, -0.2) is 31.5 Å². The van der Waals surface area contributed by atoms with Gasteiger partial charge in [0.25, 0.3) is 0 Å². The van der Waals surface area contributed by atoms with Crippen LogP contribution in [0.2, 0.25) is 5.02 Å². The Balaban J connectivity index is 1.41. The highest BCUT2D eigenvalue weighted by atomic mass is 35.5. The summed E-state index contributed by atoms with van der Waals surface area (Å²) in [4.78, 5) is 8.79. The van der Waals surface area contributed by atoms with Gasteiger partial charge in [0.2, 0.25) is 11.7 Å². The Morgan fingerprint density at radius 1 is 1.14 bits per heavy atom. The number of ether oxygens (including phenoxy) is 1. The van der Waals surface area contributed by atoms with E-state index in [2.05, 4.69) is 20.2 Å². The van der Waals surface area contributed by atoms with Crippen molar-refractivity contribution in [2.75, 3.05) is 6.61 Å². The molecule has 140 valence electrons. The SMILES string of the molecule is Clc1cccc(-n2cc(-c3noc([C@H]4CCO[C@@H]4c4cccnc4)n3)cn2)c1. The molecule has 7 nitrogen and oxygen atoms in total. The first-order chi connectivity index (χ1) is 13.8. The van der Waals surface area contributed by atoms with Crippen LogP contribution in [0, 0.1) is 0 Å². The summed E-state index contributed by atoms with van der Waals surface area (Å²) in [5.74, 6) is 1.07. The molecule has 0 amide bonds. The van der Waals surface area contributed by atoms with Crippen molar-refractivity contribution in [3.8, 4) is 17.1 Å². The Morgan fingerprint density at radius 3 is 2.96 bits per heavy atom. The van der Waals surface area contributed by atoms with E-state index in [9.17, 15) is 0 Å². The topological polar surface area (TPSA) is 78.9 Å². The number of pyridine rings is 1. The van der Waals surface area contributed by atoms with Gasteiger partial charge in [-0.15, -0.1) is 0 Å². The monoisotopic (exact) mass is 393 g/mol. The van der Waals surface area contributed by atoms with Crippen LogP contribution in [0.25, 0.3) is 17.1 Å². The minimum atomic E-state index is -0.129. The van der Waals surface area contributed by atoms with E-state index in [4.69, 9.17) is 20.9 Å². The van der Waals surface area contributed by atoms with Gasteiger partial charge in [-0.05, 0) is 36.2 Å². The van der Waals surface area contributed by atoms with Crippen LogP contribution in [0.4, 0.5) is 0 Å². The van der Waals surface area contributed by atoms with Gasteiger partial charge in [-0.3, -0.25) is 4.98 Å². The van der Waals surface area contributed by atoms with Crippen LogP contribution in [0.5, 0.6) is 0 Å². The maximum atomic E-state index is 6.06. The average Bonchev–Trinajstić information content (AvgIpc) is 3.47. The van der Waals surface area contributed by atoms with Gasteiger partial charge < -0.3 is 9.26 Å². The molecule has 1 aliphatic heterocycles. The lowest BCUT2D eigenvalue weighted by Crippen LogP contribution is -2.06. The molecular weight excluding hydrogens is 378 g/mol. The van der Waals surface area contributed by atoms with Crippen molar-refractivity contribution in [3.63, 3.8) is 0 Å². The van der Waals surface area contributed by atoms with Crippen LogP contribution >= 0.6 is 11.6 Å². The third kappa shape index (κ3) is 3.19. The van der Waals surface area contributed by atoms with E-state index in [1.807, 2.05) is 48.8 Å². The fourth-order valence-electron chi connectivity index (χ4n) is 3.42. The molecule has 1 aliphatic rings. The van der Waals surface area contributed by atoms with Gasteiger partial charge in [0.05, 0.1) is 29.5 Å². The molecule has 1 fully saturated rings. The standard InChI is InChI=1S/C20H16ClN5O2/c21-15-4-1-5-16(9-15)26-12-14(11-23-26)19-24-20(28-25-19)17-6-8-27-18(17)13-3-2-7-22-10-13/h1-5,7,9-12,17-18H,6,8H2/t17-,18+/m0/s1. The Labute approximate surface area is 165 Å². The van der Waals surface area contributed by atoms with Crippen LogP contribution in [0.1, 0.15) is 29.9 Å². The second-order valence-electron chi connectivity index (χ2n) is 6.58.